The fourth-order valence-electron chi connectivity index (χ4n) is 3.10. The van der Waals surface area contributed by atoms with Gasteiger partial charge in [0.25, 0.3) is 0 Å². The molecule has 0 saturated carbocycles. The number of hydrogen-bond donors (Lipinski definition) is 0. The van der Waals surface area contributed by atoms with Crippen molar-refractivity contribution in [3.63, 3.8) is 0 Å². The van der Waals surface area contributed by atoms with Gasteiger partial charge in [-0.05, 0) is 42.9 Å². The summed E-state index contributed by atoms with van der Waals surface area (Å²) in [6.45, 7) is 2.44. The quantitative estimate of drug-likeness (QED) is 0.671. The molecule has 0 unspecified atom stereocenters. The van der Waals surface area contributed by atoms with Crippen molar-refractivity contribution in [2.24, 2.45) is 0 Å². The van der Waals surface area contributed by atoms with Crippen LogP contribution in [0.5, 0.6) is 0 Å². The largest absolute Gasteiger partial charge is 0.339 e. The van der Waals surface area contributed by atoms with Crippen LogP contribution < -0.4 is 0 Å². The minimum Gasteiger partial charge on any atom is -0.339 e. The Morgan fingerprint density at radius 1 is 1.00 bits per heavy atom. The lowest BCUT2D eigenvalue weighted by Crippen LogP contribution is -2.50. The highest BCUT2D eigenvalue weighted by molar-refractivity contribution is 7.89. The monoisotopic (exact) mass is 455 g/mol. The van der Waals surface area contributed by atoms with Crippen LogP contribution >= 0.6 is 23.2 Å². The predicted molar refractivity (Wildman–Crippen MR) is 115 cm³/mol. The van der Waals surface area contributed by atoms with Gasteiger partial charge in [-0.2, -0.15) is 4.31 Å². The van der Waals surface area contributed by atoms with Gasteiger partial charge in [-0.1, -0.05) is 41.4 Å². The summed E-state index contributed by atoms with van der Waals surface area (Å²) in [5, 5.41) is 0.894. The first kappa shape index (κ1) is 22.1. The van der Waals surface area contributed by atoms with Crippen LogP contribution in [0.1, 0.15) is 5.56 Å². The summed E-state index contributed by atoms with van der Waals surface area (Å²) in [6.07, 6.45) is 0. The standard InChI is InChI=1S/C20H23Cl2N3O3S/c1-23-10-12-24(13-11-23)20(26)15-25(14-16-4-2-3-5-19(16)22)29(27,28)18-8-6-17(21)7-9-18/h2-9H,10-15H2,1H3. The van der Waals surface area contributed by atoms with Gasteiger partial charge in [-0.25, -0.2) is 8.42 Å². The second-order valence-electron chi connectivity index (χ2n) is 7.00. The highest BCUT2D eigenvalue weighted by atomic mass is 35.5. The Kier molecular flexibility index (Phi) is 7.19. The van der Waals surface area contributed by atoms with Crippen molar-refractivity contribution in [3.05, 3.63) is 64.1 Å². The lowest BCUT2D eigenvalue weighted by molar-refractivity contribution is -0.133. The lowest BCUT2D eigenvalue weighted by atomic mass is 10.2. The summed E-state index contributed by atoms with van der Waals surface area (Å²) < 4.78 is 27.8. The molecule has 0 aliphatic carbocycles. The van der Waals surface area contributed by atoms with Crippen LogP contribution in [0.2, 0.25) is 10.0 Å². The summed E-state index contributed by atoms with van der Waals surface area (Å²) >= 11 is 12.1. The SMILES string of the molecule is CN1CCN(C(=O)CN(Cc2ccccc2Cl)S(=O)(=O)c2ccc(Cl)cc2)CC1. The van der Waals surface area contributed by atoms with Crippen LogP contribution in [0.4, 0.5) is 0 Å². The summed E-state index contributed by atoms with van der Waals surface area (Å²) in [7, 11) is -1.92. The van der Waals surface area contributed by atoms with Crippen LogP contribution in [0.3, 0.4) is 0 Å². The van der Waals surface area contributed by atoms with Crippen molar-refractivity contribution < 1.29 is 13.2 Å². The second-order valence-corrected chi connectivity index (χ2v) is 9.78. The zero-order valence-electron chi connectivity index (χ0n) is 16.1. The molecule has 1 saturated heterocycles. The molecule has 156 valence electrons. The molecule has 0 spiro atoms. The molecule has 6 nitrogen and oxygen atoms in total. The molecule has 2 aromatic carbocycles. The van der Waals surface area contributed by atoms with E-state index in [1.54, 1.807) is 29.2 Å². The normalized spacial score (nSPS) is 15.7. The number of rotatable bonds is 6. The lowest BCUT2D eigenvalue weighted by Gasteiger charge is -2.33. The topological polar surface area (TPSA) is 60.9 Å². The van der Waals surface area contributed by atoms with Gasteiger partial charge in [-0.15, -0.1) is 0 Å². The Bertz CT molecular complexity index is 959. The summed E-state index contributed by atoms with van der Waals surface area (Å²) in [6, 6.07) is 12.9. The van der Waals surface area contributed by atoms with E-state index in [1.807, 2.05) is 7.05 Å². The summed E-state index contributed by atoms with van der Waals surface area (Å²) in [4.78, 5) is 16.8. The molecule has 9 heteroatoms. The Morgan fingerprint density at radius 2 is 1.62 bits per heavy atom. The van der Waals surface area contributed by atoms with E-state index in [4.69, 9.17) is 23.2 Å². The van der Waals surface area contributed by atoms with E-state index >= 15 is 0 Å². The fraction of sp³-hybridized carbons (Fsp3) is 0.350. The maximum Gasteiger partial charge on any atom is 0.243 e. The van der Waals surface area contributed by atoms with Gasteiger partial charge in [0.05, 0.1) is 11.4 Å². The number of carbonyl (C=O) groups is 1. The van der Waals surface area contributed by atoms with Gasteiger partial charge in [0.1, 0.15) is 0 Å². The number of benzene rings is 2. The third-order valence-electron chi connectivity index (χ3n) is 4.92. The number of halogens is 2. The summed E-state index contributed by atoms with van der Waals surface area (Å²) in [5.41, 5.74) is 0.637. The molecule has 0 bridgehead atoms. The molecule has 1 aliphatic heterocycles. The van der Waals surface area contributed by atoms with E-state index in [0.717, 1.165) is 13.1 Å². The van der Waals surface area contributed by atoms with E-state index in [9.17, 15) is 13.2 Å². The zero-order valence-corrected chi connectivity index (χ0v) is 18.4. The molecule has 3 rings (SSSR count). The maximum absolute atomic E-state index is 13.3. The van der Waals surface area contributed by atoms with Gasteiger partial charge in [0, 0.05) is 42.8 Å². The van der Waals surface area contributed by atoms with Gasteiger partial charge < -0.3 is 9.80 Å². The fourth-order valence-corrected chi connectivity index (χ4v) is 4.79. The van der Waals surface area contributed by atoms with Crippen molar-refractivity contribution >= 4 is 39.1 Å². The number of amides is 1. The molecule has 29 heavy (non-hydrogen) atoms. The Morgan fingerprint density at radius 3 is 2.24 bits per heavy atom. The van der Waals surface area contributed by atoms with E-state index in [1.165, 1.54) is 28.6 Å². The van der Waals surface area contributed by atoms with Crippen LogP contribution in [-0.4, -0.2) is 68.2 Å². The first-order valence-electron chi connectivity index (χ1n) is 9.23. The first-order chi connectivity index (χ1) is 13.8. The predicted octanol–water partition coefficient (Wildman–Crippen LogP) is 2.96. The molecule has 1 heterocycles. The molecular formula is C20H23Cl2N3O3S. The van der Waals surface area contributed by atoms with Crippen molar-refractivity contribution in [2.75, 3.05) is 39.8 Å². The third-order valence-corrected chi connectivity index (χ3v) is 7.35. The minimum atomic E-state index is -3.92. The highest BCUT2D eigenvalue weighted by Gasteiger charge is 2.30. The van der Waals surface area contributed by atoms with Crippen molar-refractivity contribution in [1.82, 2.24) is 14.1 Å². The Hall–Kier alpha value is -1.64. The van der Waals surface area contributed by atoms with Gasteiger partial charge in [-0.3, -0.25) is 4.79 Å². The molecule has 1 aliphatic rings. The van der Waals surface area contributed by atoms with Gasteiger partial charge in [0.15, 0.2) is 0 Å². The zero-order chi connectivity index (χ0) is 21.0. The van der Waals surface area contributed by atoms with E-state index in [2.05, 4.69) is 4.90 Å². The number of carbonyl (C=O) groups excluding carboxylic acids is 1. The highest BCUT2D eigenvalue weighted by Crippen LogP contribution is 2.23. The first-order valence-corrected chi connectivity index (χ1v) is 11.4. The van der Waals surface area contributed by atoms with Gasteiger partial charge >= 0.3 is 0 Å². The van der Waals surface area contributed by atoms with E-state index < -0.39 is 10.0 Å². The Labute approximate surface area is 181 Å². The minimum absolute atomic E-state index is 0.00408. The van der Waals surface area contributed by atoms with E-state index in [-0.39, 0.29) is 23.9 Å². The molecule has 1 amide bonds. The molecular weight excluding hydrogens is 433 g/mol. The molecule has 2 aromatic rings. The number of nitrogens with zero attached hydrogens (tertiary/aromatic N) is 3. The number of sulfonamides is 1. The van der Waals surface area contributed by atoms with Crippen LogP contribution in [-0.2, 0) is 21.4 Å². The molecule has 1 fully saturated rings. The number of hydrogen-bond acceptors (Lipinski definition) is 4. The van der Waals surface area contributed by atoms with Crippen LogP contribution in [0.25, 0.3) is 0 Å². The van der Waals surface area contributed by atoms with Crippen LogP contribution in [0, 0.1) is 0 Å². The summed E-state index contributed by atoms with van der Waals surface area (Å²) in [5.74, 6) is -0.220. The average molecular weight is 456 g/mol. The van der Waals surface area contributed by atoms with Gasteiger partial charge in [0.2, 0.25) is 15.9 Å². The second kappa shape index (κ2) is 9.45. The third kappa shape index (κ3) is 5.49. The van der Waals surface area contributed by atoms with Crippen molar-refractivity contribution in [3.8, 4) is 0 Å². The molecule has 0 radical (unpaired) electrons. The number of likely N-dealkylation sites (N-methyl/N-ethyl adjacent to an activating group) is 1. The maximum atomic E-state index is 13.3. The smallest absolute Gasteiger partial charge is 0.243 e. The van der Waals surface area contributed by atoms with E-state index in [0.29, 0.717) is 28.7 Å². The van der Waals surface area contributed by atoms with Crippen molar-refractivity contribution in [1.29, 1.82) is 0 Å². The molecule has 0 atom stereocenters. The number of piperazine rings is 1. The Balaban J connectivity index is 1.88. The molecule has 0 aromatic heterocycles. The van der Waals surface area contributed by atoms with Crippen molar-refractivity contribution in [2.45, 2.75) is 11.4 Å². The average Bonchev–Trinajstić information content (AvgIpc) is 2.70. The van der Waals surface area contributed by atoms with Crippen LogP contribution in [0.15, 0.2) is 53.4 Å². The molecule has 0 N–H and O–H groups in total.